The molecule has 0 aromatic rings. The summed E-state index contributed by atoms with van der Waals surface area (Å²) in [4.78, 5) is 0. The van der Waals surface area contributed by atoms with Gasteiger partial charge in [0.1, 0.15) is 24.4 Å². The van der Waals surface area contributed by atoms with Gasteiger partial charge < -0.3 is 28.8 Å². The molecule has 3 aliphatic heterocycles. The number of hydrogen-bond donors (Lipinski definition) is 1. The number of aliphatic hydroxyl groups is 1. The molecule has 104 valence electrons. The van der Waals surface area contributed by atoms with E-state index in [1.54, 1.807) is 0 Å². The Morgan fingerprint density at radius 3 is 2.33 bits per heavy atom. The van der Waals surface area contributed by atoms with Crippen LogP contribution in [0.5, 0.6) is 0 Å². The molecule has 6 heteroatoms. The molecule has 18 heavy (non-hydrogen) atoms. The molecule has 0 aromatic heterocycles. The fourth-order valence-corrected chi connectivity index (χ4v) is 2.66. The van der Waals surface area contributed by atoms with Crippen molar-refractivity contribution in [2.24, 2.45) is 0 Å². The Labute approximate surface area is 106 Å². The first-order valence-corrected chi connectivity index (χ1v) is 6.28. The highest BCUT2D eigenvalue weighted by Crippen LogP contribution is 2.40. The van der Waals surface area contributed by atoms with Gasteiger partial charge >= 0.3 is 0 Å². The van der Waals surface area contributed by atoms with Crippen LogP contribution in [0.4, 0.5) is 0 Å². The summed E-state index contributed by atoms with van der Waals surface area (Å²) in [6, 6.07) is 0. The molecule has 0 aromatic carbocycles. The van der Waals surface area contributed by atoms with Crippen molar-refractivity contribution in [3.63, 3.8) is 0 Å². The SMILES string of the molecule is CC1(C)OC[C@H]2O[C@@H](O1)[C@H]1OC(C)(C)O[C@H]1[C@H]2O. The quantitative estimate of drug-likeness (QED) is 0.679. The fraction of sp³-hybridized carbons (Fsp3) is 1.00. The van der Waals surface area contributed by atoms with E-state index in [9.17, 15) is 5.11 Å². The van der Waals surface area contributed by atoms with Crippen molar-refractivity contribution in [2.45, 2.75) is 70.0 Å². The van der Waals surface area contributed by atoms with E-state index in [0.29, 0.717) is 0 Å². The van der Waals surface area contributed by atoms with Gasteiger partial charge in [-0.3, -0.25) is 0 Å². The molecule has 0 unspecified atom stereocenters. The van der Waals surface area contributed by atoms with Crippen molar-refractivity contribution in [2.75, 3.05) is 6.61 Å². The minimum atomic E-state index is -0.773. The molecule has 3 rings (SSSR count). The maximum atomic E-state index is 10.3. The summed E-state index contributed by atoms with van der Waals surface area (Å²) in [6.07, 6.45) is -2.68. The van der Waals surface area contributed by atoms with E-state index in [-0.39, 0.29) is 6.61 Å². The predicted octanol–water partition coefficient (Wildman–Crippen LogP) is 0.375. The number of ether oxygens (including phenoxy) is 5. The van der Waals surface area contributed by atoms with Gasteiger partial charge in [-0.2, -0.15) is 0 Å². The molecule has 0 amide bonds. The van der Waals surface area contributed by atoms with E-state index >= 15 is 0 Å². The monoisotopic (exact) mass is 260 g/mol. The lowest BCUT2D eigenvalue weighted by Crippen LogP contribution is -2.57. The van der Waals surface area contributed by atoms with Crippen LogP contribution in [0.2, 0.25) is 0 Å². The molecule has 3 aliphatic rings. The van der Waals surface area contributed by atoms with Gasteiger partial charge in [0.05, 0.1) is 6.61 Å². The van der Waals surface area contributed by atoms with E-state index in [2.05, 4.69) is 0 Å². The Morgan fingerprint density at radius 1 is 0.944 bits per heavy atom. The molecule has 0 aliphatic carbocycles. The van der Waals surface area contributed by atoms with Crippen molar-refractivity contribution in [1.82, 2.24) is 0 Å². The van der Waals surface area contributed by atoms with Gasteiger partial charge in [-0.1, -0.05) is 0 Å². The van der Waals surface area contributed by atoms with Crippen LogP contribution in [-0.4, -0.2) is 54.0 Å². The minimum Gasteiger partial charge on any atom is -0.387 e. The maximum Gasteiger partial charge on any atom is 0.190 e. The maximum absolute atomic E-state index is 10.3. The summed E-state index contributed by atoms with van der Waals surface area (Å²) in [5.41, 5.74) is 0. The molecule has 6 nitrogen and oxygen atoms in total. The van der Waals surface area contributed by atoms with Gasteiger partial charge in [0.15, 0.2) is 17.9 Å². The summed E-state index contributed by atoms with van der Waals surface area (Å²) < 4.78 is 28.5. The van der Waals surface area contributed by atoms with Crippen LogP contribution in [0.3, 0.4) is 0 Å². The summed E-state index contributed by atoms with van der Waals surface area (Å²) >= 11 is 0. The normalized spacial score (nSPS) is 49.5. The van der Waals surface area contributed by atoms with E-state index in [4.69, 9.17) is 23.7 Å². The first kappa shape index (κ1) is 12.8. The molecule has 1 N–H and O–H groups in total. The van der Waals surface area contributed by atoms with Crippen molar-refractivity contribution in [1.29, 1.82) is 0 Å². The average Bonchev–Trinajstić information content (AvgIpc) is 2.48. The van der Waals surface area contributed by atoms with E-state index < -0.39 is 42.3 Å². The Bertz CT molecular complexity index is 341. The van der Waals surface area contributed by atoms with Crippen molar-refractivity contribution < 1.29 is 28.8 Å². The molecule has 0 radical (unpaired) electrons. The van der Waals surface area contributed by atoms with E-state index in [0.717, 1.165) is 0 Å². The largest absolute Gasteiger partial charge is 0.387 e. The summed E-state index contributed by atoms with van der Waals surface area (Å²) in [6.45, 7) is 7.55. The molecule has 2 bridgehead atoms. The van der Waals surface area contributed by atoms with Crippen molar-refractivity contribution in [3.8, 4) is 0 Å². The van der Waals surface area contributed by atoms with Crippen LogP contribution in [0, 0.1) is 0 Å². The number of fused-ring (bicyclic) bond motifs is 4. The Balaban J connectivity index is 1.88. The zero-order valence-electron chi connectivity index (χ0n) is 11.1. The molecule has 0 saturated carbocycles. The van der Waals surface area contributed by atoms with Crippen LogP contribution < -0.4 is 0 Å². The minimum absolute atomic E-state index is 0.275. The second-order valence-electron chi connectivity index (χ2n) is 5.93. The second-order valence-corrected chi connectivity index (χ2v) is 5.93. The summed E-state index contributed by atoms with van der Waals surface area (Å²) in [7, 11) is 0. The Hall–Kier alpha value is -0.240. The Morgan fingerprint density at radius 2 is 1.61 bits per heavy atom. The third-order valence-corrected chi connectivity index (χ3v) is 3.45. The van der Waals surface area contributed by atoms with Crippen LogP contribution in [0.15, 0.2) is 0 Å². The molecular weight excluding hydrogens is 240 g/mol. The average molecular weight is 260 g/mol. The standard InChI is InChI=1S/C12H20O6/c1-11(2)14-5-6-7(13)8-9(10(15-6)18-11)17-12(3,4)16-8/h6-10,13H,5H2,1-4H3/t6-,7+,8+,9+,10+/m1/s1. The molecule has 3 saturated heterocycles. The lowest BCUT2D eigenvalue weighted by molar-refractivity contribution is -0.307. The predicted molar refractivity (Wildman–Crippen MR) is 59.6 cm³/mol. The van der Waals surface area contributed by atoms with Gasteiger partial charge in [0.25, 0.3) is 0 Å². The number of aliphatic hydroxyl groups excluding tert-OH is 1. The zero-order chi connectivity index (χ0) is 13.1. The number of rotatable bonds is 0. The summed E-state index contributed by atoms with van der Waals surface area (Å²) in [5, 5.41) is 10.3. The van der Waals surface area contributed by atoms with Gasteiger partial charge in [-0.05, 0) is 27.7 Å². The van der Waals surface area contributed by atoms with Crippen molar-refractivity contribution >= 4 is 0 Å². The third kappa shape index (κ3) is 2.07. The van der Waals surface area contributed by atoms with Crippen LogP contribution in [-0.2, 0) is 23.7 Å². The molecule has 3 fully saturated rings. The Kier molecular flexibility index (Phi) is 2.75. The third-order valence-electron chi connectivity index (χ3n) is 3.45. The van der Waals surface area contributed by atoms with Gasteiger partial charge in [-0.25, -0.2) is 0 Å². The van der Waals surface area contributed by atoms with Crippen LogP contribution in [0.1, 0.15) is 27.7 Å². The lowest BCUT2D eigenvalue weighted by Gasteiger charge is -2.37. The molecular formula is C12H20O6. The smallest absolute Gasteiger partial charge is 0.190 e. The highest BCUT2D eigenvalue weighted by Gasteiger charge is 2.57. The van der Waals surface area contributed by atoms with Crippen molar-refractivity contribution in [3.05, 3.63) is 0 Å². The lowest BCUT2D eigenvalue weighted by atomic mass is 9.99. The van der Waals surface area contributed by atoms with Crippen LogP contribution in [0.25, 0.3) is 0 Å². The van der Waals surface area contributed by atoms with Gasteiger partial charge in [-0.15, -0.1) is 0 Å². The highest BCUT2D eigenvalue weighted by atomic mass is 16.8. The molecule has 5 atom stereocenters. The van der Waals surface area contributed by atoms with Crippen LogP contribution >= 0.6 is 0 Å². The zero-order valence-corrected chi connectivity index (χ0v) is 11.1. The highest BCUT2D eigenvalue weighted by molar-refractivity contribution is 4.97. The van der Waals surface area contributed by atoms with Gasteiger partial charge in [0.2, 0.25) is 0 Å². The van der Waals surface area contributed by atoms with E-state index in [1.165, 1.54) is 0 Å². The first-order chi connectivity index (χ1) is 8.27. The van der Waals surface area contributed by atoms with E-state index in [1.807, 2.05) is 27.7 Å². The summed E-state index contributed by atoms with van der Waals surface area (Å²) in [5.74, 6) is -1.50. The fourth-order valence-electron chi connectivity index (χ4n) is 2.66. The van der Waals surface area contributed by atoms with Gasteiger partial charge in [0, 0.05) is 0 Å². The molecule has 3 heterocycles. The first-order valence-electron chi connectivity index (χ1n) is 6.28. The number of hydrogen-bond acceptors (Lipinski definition) is 6. The molecule has 0 spiro atoms. The topological polar surface area (TPSA) is 66.4 Å². The second kappa shape index (κ2) is 3.88.